The number of nitro benzene ring substituents is 1. The van der Waals surface area contributed by atoms with Crippen LogP contribution in [-0.4, -0.2) is 21.9 Å². The summed E-state index contributed by atoms with van der Waals surface area (Å²) in [5, 5.41) is 13.8. The molecule has 1 aromatic heterocycles. The maximum absolute atomic E-state index is 12.3. The number of hydrogen-bond acceptors (Lipinski definition) is 5. The van der Waals surface area contributed by atoms with Crippen molar-refractivity contribution < 1.29 is 14.5 Å². The lowest BCUT2D eigenvalue weighted by atomic mass is 9.98. The molecule has 0 atom stereocenters. The first-order chi connectivity index (χ1) is 12.1. The summed E-state index contributed by atoms with van der Waals surface area (Å²) in [5.41, 5.74) is 0.609. The van der Waals surface area contributed by atoms with Crippen LogP contribution in [0.5, 0.6) is 5.75 Å². The van der Waals surface area contributed by atoms with Crippen LogP contribution in [0.3, 0.4) is 0 Å². The van der Waals surface area contributed by atoms with Crippen LogP contribution in [0.4, 0.5) is 11.4 Å². The number of non-ortho nitro benzene ring substituents is 1. The quantitative estimate of drug-likeness (QED) is 0.656. The molecule has 1 heterocycles. The monoisotopic (exact) mass is 341 g/mol. The maximum Gasteiger partial charge on any atom is 0.274 e. The molecule has 1 aromatic carbocycles. The van der Waals surface area contributed by atoms with Gasteiger partial charge < -0.3 is 10.1 Å². The number of nitrogens with zero attached hydrogens (tertiary/aromatic N) is 2. The first kappa shape index (κ1) is 16.9. The van der Waals surface area contributed by atoms with Crippen LogP contribution < -0.4 is 10.1 Å². The zero-order valence-corrected chi connectivity index (χ0v) is 13.7. The molecule has 7 heteroatoms. The van der Waals surface area contributed by atoms with E-state index in [2.05, 4.69) is 10.3 Å². The molecule has 1 N–H and O–H groups in total. The summed E-state index contributed by atoms with van der Waals surface area (Å²) in [5.74, 6) is -0.0617. The number of ether oxygens (including phenoxy) is 1. The van der Waals surface area contributed by atoms with E-state index in [1.54, 1.807) is 18.2 Å². The second-order valence-electron chi connectivity index (χ2n) is 5.98. The van der Waals surface area contributed by atoms with Crippen molar-refractivity contribution in [1.29, 1.82) is 0 Å². The van der Waals surface area contributed by atoms with Gasteiger partial charge in [0, 0.05) is 12.3 Å². The van der Waals surface area contributed by atoms with E-state index in [9.17, 15) is 14.9 Å². The summed E-state index contributed by atoms with van der Waals surface area (Å²) in [4.78, 5) is 26.9. The topological polar surface area (TPSA) is 94.4 Å². The van der Waals surface area contributed by atoms with E-state index >= 15 is 0 Å². The zero-order chi connectivity index (χ0) is 17.6. The van der Waals surface area contributed by atoms with Crippen molar-refractivity contribution in [2.45, 2.75) is 38.2 Å². The molecule has 0 spiro atoms. The molecule has 0 unspecified atom stereocenters. The van der Waals surface area contributed by atoms with Gasteiger partial charge in [0.2, 0.25) is 0 Å². The number of hydrogen-bond donors (Lipinski definition) is 1. The highest BCUT2D eigenvalue weighted by molar-refractivity contribution is 6.03. The first-order valence-electron chi connectivity index (χ1n) is 8.31. The van der Waals surface area contributed by atoms with Crippen LogP contribution in [-0.2, 0) is 0 Å². The predicted octanol–water partition coefficient (Wildman–Crippen LogP) is 3.95. The van der Waals surface area contributed by atoms with Crippen LogP contribution in [0.2, 0.25) is 0 Å². The molecule has 0 radical (unpaired) electrons. The lowest BCUT2D eigenvalue weighted by Crippen LogP contribution is -2.21. The van der Waals surface area contributed by atoms with Crippen molar-refractivity contribution in [3.05, 3.63) is 58.4 Å². The predicted molar refractivity (Wildman–Crippen MR) is 92.8 cm³/mol. The van der Waals surface area contributed by atoms with Crippen LogP contribution in [0, 0.1) is 10.1 Å². The highest BCUT2D eigenvalue weighted by Crippen LogP contribution is 2.33. The molecule has 1 aliphatic carbocycles. The van der Waals surface area contributed by atoms with Crippen molar-refractivity contribution >= 4 is 17.3 Å². The minimum absolute atomic E-state index is 0.0151. The van der Waals surface area contributed by atoms with Crippen molar-refractivity contribution in [2.24, 2.45) is 0 Å². The van der Waals surface area contributed by atoms with Crippen LogP contribution in [0.25, 0.3) is 0 Å². The molecule has 0 bridgehead atoms. The number of anilines is 1. The number of nitro groups is 1. The fourth-order valence-corrected chi connectivity index (χ4v) is 2.87. The number of pyridine rings is 1. The highest BCUT2D eigenvalue weighted by atomic mass is 16.6. The van der Waals surface area contributed by atoms with Crippen LogP contribution in [0.1, 0.15) is 42.6 Å². The Morgan fingerprint density at radius 3 is 2.68 bits per heavy atom. The van der Waals surface area contributed by atoms with Gasteiger partial charge in [-0.1, -0.05) is 12.5 Å². The highest BCUT2D eigenvalue weighted by Gasteiger charge is 2.20. The number of benzene rings is 1. The Hall–Kier alpha value is -2.96. The molecule has 3 rings (SSSR count). The lowest BCUT2D eigenvalue weighted by molar-refractivity contribution is -0.384. The van der Waals surface area contributed by atoms with Gasteiger partial charge in [0.1, 0.15) is 11.4 Å². The van der Waals surface area contributed by atoms with E-state index < -0.39 is 4.92 Å². The van der Waals surface area contributed by atoms with Gasteiger partial charge in [0.05, 0.1) is 22.8 Å². The van der Waals surface area contributed by atoms with Gasteiger partial charge in [0.25, 0.3) is 11.6 Å². The smallest absolute Gasteiger partial charge is 0.274 e. The van der Waals surface area contributed by atoms with Crippen molar-refractivity contribution in [3.8, 4) is 5.75 Å². The molecule has 1 saturated carbocycles. The Bertz CT molecular complexity index is 758. The van der Waals surface area contributed by atoms with Gasteiger partial charge in [0.15, 0.2) is 0 Å². The molecular formula is C18H19N3O4. The zero-order valence-electron chi connectivity index (χ0n) is 13.7. The fourth-order valence-electron chi connectivity index (χ4n) is 2.87. The van der Waals surface area contributed by atoms with Crippen molar-refractivity contribution in [1.82, 2.24) is 4.98 Å². The van der Waals surface area contributed by atoms with E-state index in [1.165, 1.54) is 30.8 Å². The largest absolute Gasteiger partial charge is 0.488 e. The Kier molecular flexibility index (Phi) is 5.23. The molecule has 7 nitrogen and oxygen atoms in total. The summed E-state index contributed by atoms with van der Waals surface area (Å²) in [6, 6.07) is 9.25. The molecule has 1 fully saturated rings. The van der Waals surface area contributed by atoms with Gasteiger partial charge in [-0.2, -0.15) is 0 Å². The minimum Gasteiger partial charge on any atom is -0.488 e. The summed E-state index contributed by atoms with van der Waals surface area (Å²) < 4.78 is 5.97. The van der Waals surface area contributed by atoms with E-state index in [0.717, 1.165) is 25.7 Å². The molecule has 0 aliphatic heterocycles. The van der Waals surface area contributed by atoms with E-state index in [0.29, 0.717) is 11.4 Å². The van der Waals surface area contributed by atoms with Gasteiger partial charge >= 0.3 is 0 Å². The second-order valence-corrected chi connectivity index (χ2v) is 5.98. The number of carbonyl (C=O) groups excluding carboxylic acids is 1. The number of aromatic nitrogens is 1. The minimum atomic E-state index is -0.474. The van der Waals surface area contributed by atoms with Gasteiger partial charge in [-0.15, -0.1) is 0 Å². The van der Waals surface area contributed by atoms with Gasteiger partial charge in [-0.3, -0.25) is 19.9 Å². The third-order valence-electron chi connectivity index (χ3n) is 4.17. The molecule has 0 saturated heterocycles. The Balaban J connectivity index is 1.83. The average molecular weight is 341 g/mol. The molecule has 2 aromatic rings. The third kappa shape index (κ3) is 4.32. The summed E-state index contributed by atoms with van der Waals surface area (Å²) >= 11 is 0. The number of amides is 1. The number of rotatable bonds is 5. The fraction of sp³-hybridized carbons (Fsp3) is 0.333. The molecule has 25 heavy (non-hydrogen) atoms. The van der Waals surface area contributed by atoms with Crippen LogP contribution in [0.15, 0.2) is 42.6 Å². The SMILES string of the molecule is O=C(Nc1ccc([N+](=O)[O-])cc1OC1CCCCC1)c1ccccn1. The standard InChI is InChI=1S/C18H19N3O4/c22-18(16-8-4-5-11-19-16)20-15-10-9-13(21(23)24)12-17(15)25-14-6-2-1-3-7-14/h4-5,8-12,14H,1-3,6-7H2,(H,20,22). The Morgan fingerprint density at radius 2 is 2.00 bits per heavy atom. The Morgan fingerprint density at radius 1 is 1.20 bits per heavy atom. The number of nitrogens with one attached hydrogen (secondary N) is 1. The lowest BCUT2D eigenvalue weighted by Gasteiger charge is -2.24. The maximum atomic E-state index is 12.3. The molecule has 1 aliphatic rings. The third-order valence-corrected chi connectivity index (χ3v) is 4.17. The van der Waals surface area contributed by atoms with Crippen molar-refractivity contribution in [3.63, 3.8) is 0 Å². The van der Waals surface area contributed by atoms with Gasteiger partial charge in [-0.05, 0) is 43.9 Å². The average Bonchev–Trinajstić information content (AvgIpc) is 2.64. The number of carbonyl (C=O) groups is 1. The van der Waals surface area contributed by atoms with Crippen molar-refractivity contribution in [2.75, 3.05) is 5.32 Å². The molecule has 130 valence electrons. The first-order valence-corrected chi connectivity index (χ1v) is 8.31. The summed E-state index contributed by atoms with van der Waals surface area (Å²) in [6.07, 6.45) is 6.71. The molecular weight excluding hydrogens is 322 g/mol. The van der Waals surface area contributed by atoms with E-state index in [4.69, 9.17) is 4.74 Å². The molecule has 1 amide bonds. The van der Waals surface area contributed by atoms with E-state index in [1.807, 2.05) is 0 Å². The normalized spacial score (nSPS) is 14.7. The van der Waals surface area contributed by atoms with Crippen LogP contribution >= 0.6 is 0 Å². The Labute approximate surface area is 145 Å². The summed E-state index contributed by atoms with van der Waals surface area (Å²) in [7, 11) is 0. The van der Waals surface area contributed by atoms with E-state index in [-0.39, 0.29) is 23.4 Å². The summed E-state index contributed by atoms with van der Waals surface area (Å²) in [6.45, 7) is 0. The second kappa shape index (κ2) is 7.74. The van der Waals surface area contributed by atoms with Gasteiger partial charge in [-0.25, -0.2) is 0 Å².